The molecule has 1 aromatic heterocycles. The molecule has 1 aliphatic heterocycles. The van der Waals surface area contributed by atoms with Gasteiger partial charge in [-0.3, -0.25) is 5.10 Å². The van der Waals surface area contributed by atoms with Crippen LogP contribution in [0.1, 0.15) is 12.1 Å². The minimum atomic E-state index is -4.36. The summed E-state index contributed by atoms with van der Waals surface area (Å²) < 4.78 is 37.4. The van der Waals surface area contributed by atoms with E-state index in [9.17, 15) is 13.2 Å². The van der Waals surface area contributed by atoms with Crippen LogP contribution in [0.3, 0.4) is 0 Å². The van der Waals surface area contributed by atoms with E-state index in [1.54, 1.807) is 0 Å². The van der Waals surface area contributed by atoms with Gasteiger partial charge in [-0.05, 0) is 5.22 Å². The van der Waals surface area contributed by atoms with Crippen LogP contribution in [0.15, 0.2) is 21.6 Å². The number of hydrogen-bond donors (Lipinski definition) is 2. The number of aromatic nitrogens is 2. The fraction of sp³-hybridized carbons (Fsp3) is 0.500. The Hall–Kier alpha value is -1.93. The number of nitrogens with zero attached hydrogens (tertiary/aromatic N) is 4. The topological polar surface area (TPSA) is 91.8 Å². The number of alkyl halides is 3. The highest BCUT2D eigenvalue weighted by Crippen LogP contribution is 2.34. The maximum Gasteiger partial charge on any atom is 0.391 e. The highest BCUT2D eigenvalue weighted by molar-refractivity contribution is 5.72. The Morgan fingerprint density at radius 1 is 1.41 bits per heavy atom. The third-order valence-corrected chi connectivity index (χ3v) is 2.33. The molecule has 1 atom stereocenters. The van der Waals surface area contributed by atoms with E-state index in [0.29, 0.717) is 11.4 Å². The predicted molar refractivity (Wildman–Crippen MR) is 53.5 cm³/mol. The summed E-state index contributed by atoms with van der Waals surface area (Å²) in [7, 11) is 0. The van der Waals surface area contributed by atoms with Gasteiger partial charge in [0.1, 0.15) is 5.54 Å². The average molecular weight is 246 g/mol. The number of rotatable bonds is 3. The third kappa shape index (κ3) is 2.60. The first kappa shape index (κ1) is 11.6. The molecule has 2 rings (SSSR count). The first-order valence-corrected chi connectivity index (χ1v) is 4.71. The van der Waals surface area contributed by atoms with E-state index in [-0.39, 0.29) is 6.42 Å². The van der Waals surface area contributed by atoms with Crippen LogP contribution in [0.25, 0.3) is 0 Å². The first-order chi connectivity index (χ1) is 7.90. The maximum atomic E-state index is 12.5. The molecule has 1 aromatic rings. The largest absolute Gasteiger partial charge is 0.396 e. The average Bonchev–Trinajstić information content (AvgIpc) is 2.76. The summed E-state index contributed by atoms with van der Waals surface area (Å²) >= 11 is 0. The number of nitrogens with one attached hydrogen (secondary N) is 1. The molecule has 0 amide bonds. The van der Waals surface area contributed by atoms with Crippen molar-refractivity contribution in [3.05, 3.63) is 11.9 Å². The van der Waals surface area contributed by atoms with Crippen LogP contribution in [0.2, 0.25) is 0 Å². The molecule has 9 heteroatoms. The second-order valence-corrected chi connectivity index (χ2v) is 3.79. The van der Waals surface area contributed by atoms with Crippen molar-refractivity contribution in [3.63, 3.8) is 0 Å². The molecule has 2 heterocycles. The van der Waals surface area contributed by atoms with Gasteiger partial charge in [0.05, 0.1) is 24.0 Å². The minimum absolute atomic E-state index is 0.0884. The van der Waals surface area contributed by atoms with Gasteiger partial charge in [0, 0.05) is 12.6 Å². The molecule has 0 saturated carbocycles. The van der Waals surface area contributed by atoms with Gasteiger partial charge in [0.15, 0.2) is 0 Å². The summed E-state index contributed by atoms with van der Waals surface area (Å²) in [5.41, 5.74) is 4.64. The van der Waals surface area contributed by atoms with Gasteiger partial charge in [-0.2, -0.15) is 23.4 Å². The predicted octanol–water partition coefficient (Wildman–Crippen LogP) is 1.68. The number of nitrogen functional groups attached to an aromatic ring is 1. The molecule has 0 bridgehead atoms. The molecule has 0 aromatic carbocycles. The fourth-order valence-electron chi connectivity index (χ4n) is 1.60. The molecule has 0 radical (unpaired) electrons. The van der Waals surface area contributed by atoms with Crippen LogP contribution in [-0.4, -0.2) is 28.1 Å². The van der Waals surface area contributed by atoms with Crippen molar-refractivity contribution in [1.82, 2.24) is 10.2 Å². The monoisotopic (exact) mass is 246 g/mol. The highest BCUT2D eigenvalue weighted by atomic mass is 19.4. The lowest BCUT2D eigenvalue weighted by Crippen LogP contribution is -2.35. The van der Waals surface area contributed by atoms with Crippen molar-refractivity contribution in [2.24, 2.45) is 15.4 Å². The molecule has 92 valence electrons. The van der Waals surface area contributed by atoms with E-state index in [0.717, 1.165) is 6.21 Å². The molecule has 0 fully saturated rings. The first-order valence-electron chi connectivity index (χ1n) is 4.71. The quantitative estimate of drug-likeness (QED) is 0.849. The van der Waals surface area contributed by atoms with E-state index in [1.165, 1.54) is 6.20 Å². The van der Waals surface area contributed by atoms with E-state index in [4.69, 9.17) is 5.73 Å². The lowest BCUT2D eigenvalue weighted by Gasteiger charge is -2.21. The van der Waals surface area contributed by atoms with Crippen molar-refractivity contribution in [3.8, 4) is 0 Å². The summed E-state index contributed by atoms with van der Waals surface area (Å²) in [6, 6.07) is 0. The number of H-pyrrole nitrogens is 1. The van der Waals surface area contributed by atoms with Gasteiger partial charge in [0.25, 0.3) is 0 Å². The molecule has 0 spiro atoms. The summed E-state index contributed by atoms with van der Waals surface area (Å²) in [6.45, 7) is 0. The van der Waals surface area contributed by atoms with Gasteiger partial charge in [0.2, 0.25) is 0 Å². The van der Waals surface area contributed by atoms with E-state index in [2.05, 4.69) is 25.6 Å². The molecule has 3 N–H and O–H groups in total. The molecule has 17 heavy (non-hydrogen) atoms. The van der Waals surface area contributed by atoms with Gasteiger partial charge >= 0.3 is 6.18 Å². The van der Waals surface area contributed by atoms with Gasteiger partial charge in [-0.1, -0.05) is 0 Å². The standard InChI is InChI=1S/C8H9F3N6/c9-8(10,11)3-7(4-14-17-16-7)1-6-5(12)2-13-15-6/h2,4H,1,3,12H2,(H,13,15). The number of nitrogens with two attached hydrogens (primary N) is 1. The van der Waals surface area contributed by atoms with Crippen LogP contribution in [0, 0.1) is 0 Å². The molecular weight excluding hydrogens is 237 g/mol. The second kappa shape index (κ2) is 3.82. The SMILES string of the molecule is Nc1c[nH]nc1CC1(CC(F)(F)F)C=NN=N1. The van der Waals surface area contributed by atoms with Crippen LogP contribution in [0.5, 0.6) is 0 Å². The van der Waals surface area contributed by atoms with Crippen molar-refractivity contribution in [2.75, 3.05) is 5.73 Å². The Balaban J connectivity index is 2.22. The number of halogens is 3. The fourth-order valence-corrected chi connectivity index (χ4v) is 1.60. The van der Waals surface area contributed by atoms with Gasteiger partial charge in [-0.25, -0.2) is 0 Å². The van der Waals surface area contributed by atoms with Crippen molar-refractivity contribution in [2.45, 2.75) is 24.6 Å². The summed E-state index contributed by atoms with van der Waals surface area (Å²) in [4.78, 5) is 0. The van der Waals surface area contributed by atoms with Crippen molar-refractivity contribution >= 4 is 11.9 Å². The van der Waals surface area contributed by atoms with Crippen LogP contribution >= 0.6 is 0 Å². The van der Waals surface area contributed by atoms with E-state index >= 15 is 0 Å². The summed E-state index contributed by atoms with van der Waals surface area (Å²) in [5.74, 6) is 0. The maximum absolute atomic E-state index is 12.5. The number of hydrogen-bond acceptors (Lipinski definition) is 5. The second-order valence-electron chi connectivity index (χ2n) is 3.79. The highest BCUT2D eigenvalue weighted by Gasteiger charge is 2.44. The van der Waals surface area contributed by atoms with E-state index in [1.807, 2.05) is 0 Å². The zero-order valence-corrected chi connectivity index (χ0v) is 8.57. The lowest BCUT2D eigenvalue weighted by atomic mass is 9.91. The molecule has 0 saturated heterocycles. The smallest absolute Gasteiger partial charge is 0.391 e. The Morgan fingerprint density at radius 3 is 2.65 bits per heavy atom. The summed E-state index contributed by atoms with van der Waals surface area (Å²) in [5, 5.41) is 16.4. The lowest BCUT2D eigenvalue weighted by molar-refractivity contribution is -0.141. The normalized spacial score (nSPS) is 23.5. The molecule has 0 aliphatic carbocycles. The van der Waals surface area contributed by atoms with Crippen molar-refractivity contribution < 1.29 is 13.2 Å². The number of aromatic amines is 1. The van der Waals surface area contributed by atoms with Gasteiger partial charge in [-0.15, -0.1) is 5.10 Å². The molecule has 1 aliphatic rings. The van der Waals surface area contributed by atoms with E-state index < -0.39 is 18.1 Å². The molecule has 1 unspecified atom stereocenters. The Labute approximate surface area is 93.8 Å². The number of anilines is 1. The minimum Gasteiger partial charge on any atom is -0.396 e. The zero-order valence-electron chi connectivity index (χ0n) is 8.57. The summed E-state index contributed by atoms with van der Waals surface area (Å²) in [6.07, 6.45) is -3.11. The third-order valence-electron chi connectivity index (χ3n) is 2.33. The van der Waals surface area contributed by atoms with Gasteiger partial charge < -0.3 is 5.73 Å². The van der Waals surface area contributed by atoms with Crippen LogP contribution < -0.4 is 5.73 Å². The molecular formula is C8H9F3N6. The Bertz CT molecular complexity index is 448. The molecule has 6 nitrogen and oxygen atoms in total. The Kier molecular flexibility index (Phi) is 2.60. The Morgan fingerprint density at radius 2 is 2.18 bits per heavy atom. The zero-order chi connectivity index (χ0) is 12.5. The van der Waals surface area contributed by atoms with Crippen LogP contribution in [-0.2, 0) is 6.42 Å². The van der Waals surface area contributed by atoms with Crippen molar-refractivity contribution in [1.29, 1.82) is 0 Å². The van der Waals surface area contributed by atoms with Crippen LogP contribution in [0.4, 0.5) is 18.9 Å².